The standard InChI is InChI=1S/C39H56N8O6/c1-4-6-18-29(5-2)31-27-35(50)46-38(42-31)47-39(52)40-25-16-12-13-17-26-53-36(51)20-15-11-9-7-8-10-14-19-34(49)43-33-24-22-30-21-23-32(41-28(3)48)44-37(30)45-33/h15,20-24,27,29H,4-14,16-19,25-26H2,1-3H3,(H3,40,42,46,47,50,52)(H2,41,43,44,45,48,49)/b20-15+. The molecule has 14 heteroatoms. The first-order valence-electron chi connectivity index (χ1n) is 19.0. The van der Waals surface area contributed by atoms with E-state index in [1.165, 1.54) is 19.1 Å². The fourth-order valence-corrected chi connectivity index (χ4v) is 5.69. The molecule has 4 amide bonds. The number of anilines is 3. The van der Waals surface area contributed by atoms with Crippen molar-refractivity contribution in [1.29, 1.82) is 0 Å². The van der Waals surface area contributed by atoms with E-state index in [0.29, 0.717) is 42.5 Å². The third kappa shape index (κ3) is 17.3. The predicted octanol–water partition coefficient (Wildman–Crippen LogP) is 7.51. The van der Waals surface area contributed by atoms with E-state index in [2.05, 4.69) is 55.1 Å². The van der Waals surface area contributed by atoms with Crippen molar-refractivity contribution in [3.05, 3.63) is 58.5 Å². The molecule has 0 saturated carbocycles. The number of urea groups is 1. The molecule has 53 heavy (non-hydrogen) atoms. The molecule has 3 aromatic heterocycles. The first-order chi connectivity index (χ1) is 25.7. The maximum atomic E-state index is 12.4. The van der Waals surface area contributed by atoms with E-state index >= 15 is 0 Å². The van der Waals surface area contributed by atoms with Gasteiger partial charge in [-0.15, -0.1) is 0 Å². The van der Waals surface area contributed by atoms with Gasteiger partial charge in [0.15, 0.2) is 5.65 Å². The smallest absolute Gasteiger partial charge is 0.330 e. The molecule has 0 saturated heterocycles. The SMILES string of the molecule is CCCCC(CC)c1cc(=O)[nH]c(NC(=O)NCCCCCCOC(=O)/C=C/CCCCCCCC(=O)Nc2ccc3ccc(NC(C)=O)nc3n2)n1. The Morgan fingerprint density at radius 3 is 2.26 bits per heavy atom. The van der Waals surface area contributed by atoms with Gasteiger partial charge in [0, 0.05) is 43.3 Å². The van der Waals surface area contributed by atoms with E-state index < -0.39 is 6.03 Å². The van der Waals surface area contributed by atoms with Crippen LogP contribution in [0.1, 0.15) is 129 Å². The molecule has 0 aliphatic rings. The Morgan fingerprint density at radius 1 is 0.830 bits per heavy atom. The quantitative estimate of drug-likeness (QED) is 0.0352. The molecular weight excluding hydrogens is 676 g/mol. The molecule has 0 aliphatic heterocycles. The molecule has 288 valence electrons. The lowest BCUT2D eigenvalue weighted by Crippen LogP contribution is -2.31. The van der Waals surface area contributed by atoms with E-state index in [9.17, 15) is 24.0 Å². The summed E-state index contributed by atoms with van der Waals surface area (Å²) in [5, 5.41) is 11.7. The summed E-state index contributed by atoms with van der Waals surface area (Å²) < 4.78 is 5.28. The van der Waals surface area contributed by atoms with Gasteiger partial charge in [-0.1, -0.05) is 58.4 Å². The number of hydrogen-bond donors (Lipinski definition) is 5. The summed E-state index contributed by atoms with van der Waals surface area (Å²) in [6.45, 7) is 6.45. The number of carbonyl (C=O) groups excluding carboxylic acids is 4. The van der Waals surface area contributed by atoms with Crippen molar-refractivity contribution in [2.45, 2.75) is 123 Å². The average Bonchev–Trinajstić information content (AvgIpc) is 3.11. The summed E-state index contributed by atoms with van der Waals surface area (Å²) in [6, 6.07) is 8.17. The Balaban J connectivity index is 1.15. The number of aromatic amines is 1. The number of nitrogens with one attached hydrogen (secondary N) is 5. The number of aromatic nitrogens is 4. The highest BCUT2D eigenvalue weighted by Crippen LogP contribution is 2.23. The second kappa shape index (κ2) is 24.2. The van der Waals surface area contributed by atoms with Crippen LogP contribution >= 0.6 is 0 Å². The van der Waals surface area contributed by atoms with Crippen molar-refractivity contribution in [3.8, 4) is 0 Å². The molecule has 3 aromatic rings. The lowest BCUT2D eigenvalue weighted by molar-refractivity contribution is -0.137. The molecule has 0 spiro atoms. The molecule has 0 aromatic carbocycles. The molecule has 0 bridgehead atoms. The summed E-state index contributed by atoms with van der Waals surface area (Å²) in [5.41, 5.74) is 0.867. The summed E-state index contributed by atoms with van der Waals surface area (Å²) in [6.07, 6.45) is 16.4. The number of H-pyrrole nitrogens is 1. The number of pyridine rings is 2. The Hall–Kier alpha value is -5.14. The van der Waals surface area contributed by atoms with Crippen LogP contribution in [0.25, 0.3) is 11.0 Å². The summed E-state index contributed by atoms with van der Waals surface area (Å²) in [5.74, 6) is 0.510. The second-order valence-corrected chi connectivity index (χ2v) is 13.1. The van der Waals surface area contributed by atoms with Gasteiger partial charge < -0.3 is 20.7 Å². The molecule has 1 atom stereocenters. The first kappa shape index (κ1) is 42.3. The highest BCUT2D eigenvalue weighted by atomic mass is 16.5. The molecule has 0 fully saturated rings. The first-order valence-corrected chi connectivity index (χ1v) is 19.0. The van der Waals surface area contributed by atoms with E-state index in [1.54, 1.807) is 12.1 Å². The van der Waals surface area contributed by atoms with Crippen molar-refractivity contribution in [2.75, 3.05) is 29.1 Å². The molecule has 3 rings (SSSR count). The lowest BCUT2D eigenvalue weighted by Gasteiger charge is -2.14. The number of ether oxygens (including phenoxy) is 1. The van der Waals surface area contributed by atoms with E-state index in [-0.39, 0.29) is 35.2 Å². The monoisotopic (exact) mass is 732 g/mol. The van der Waals surface area contributed by atoms with Gasteiger partial charge in [0.2, 0.25) is 17.8 Å². The Bertz CT molecular complexity index is 1710. The molecule has 5 N–H and O–H groups in total. The van der Waals surface area contributed by atoms with Crippen LogP contribution in [0.5, 0.6) is 0 Å². The number of rotatable bonds is 24. The topological polar surface area (TPSA) is 197 Å². The van der Waals surface area contributed by atoms with E-state index in [0.717, 1.165) is 95.3 Å². The number of unbranched alkanes of at least 4 members (excludes halogenated alkanes) is 9. The van der Waals surface area contributed by atoms with Crippen LogP contribution in [-0.4, -0.2) is 56.9 Å². The Labute approximate surface area is 311 Å². The number of amides is 4. The maximum Gasteiger partial charge on any atom is 0.330 e. The van der Waals surface area contributed by atoms with Crippen molar-refractivity contribution in [2.24, 2.45) is 0 Å². The summed E-state index contributed by atoms with van der Waals surface area (Å²) in [7, 11) is 0. The number of carbonyl (C=O) groups is 4. The zero-order valence-electron chi connectivity index (χ0n) is 31.4. The van der Waals surface area contributed by atoms with Gasteiger partial charge in [0.25, 0.3) is 5.56 Å². The maximum absolute atomic E-state index is 12.4. The fraction of sp³-hybridized carbons (Fsp3) is 0.538. The number of nitrogens with zero attached hydrogens (tertiary/aromatic N) is 3. The Morgan fingerprint density at radius 2 is 1.53 bits per heavy atom. The summed E-state index contributed by atoms with van der Waals surface area (Å²) in [4.78, 5) is 75.8. The average molecular weight is 733 g/mol. The molecule has 0 aliphatic carbocycles. The van der Waals surface area contributed by atoms with Crippen LogP contribution in [0.4, 0.5) is 22.4 Å². The van der Waals surface area contributed by atoms with Gasteiger partial charge >= 0.3 is 12.0 Å². The molecule has 1 unspecified atom stereocenters. The number of hydrogen-bond acceptors (Lipinski definition) is 9. The van der Waals surface area contributed by atoms with Crippen LogP contribution in [0.2, 0.25) is 0 Å². The van der Waals surface area contributed by atoms with Gasteiger partial charge in [0.1, 0.15) is 11.6 Å². The highest BCUT2D eigenvalue weighted by molar-refractivity contribution is 5.92. The zero-order valence-corrected chi connectivity index (χ0v) is 31.4. The Kier molecular flexibility index (Phi) is 19.3. The third-order valence-corrected chi connectivity index (χ3v) is 8.56. The van der Waals surface area contributed by atoms with E-state index in [4.69, 9.17) is 4.74 Å². The van der Waals surface area contributed by atoms with Crippen LogP contribution < -0.4 is 26.8 Å². The minimum atomic E-state index is -0.413. The van der Waals surface area contributed by atoms with Crippen molar-refractivity contribution >= 4 is 52.4 Å². The van der Waals surface area contributed by atoms with Gasteiger partial charge in [-0.3, -0.25) is 24.7 Å². The van der Waals surface area contributed by atoms with Crippen molar-refractivity contribution < 1.29 is 23.9 Å². The highest BCUT2D eigenvalue weighted by Gasteiger charge is 2.14. The minimum absolute atomic E-state index is 0.105. The van der Waals surface area contributed by atoms with Crippen LogP contribution in [0.3, 0.4) is 0 Å². The molecular formula is C39H56N8O6. The number of fused-ring (bicyclic) bond motifs is 1. The zero-order chi connectivity index (χ0) is 38.3. The van der Waals surface area contributed by atoms with Gasteiger partial charge in [-0.25, -0.2) is 24.5 Å². The molecule has 0 radical (unpaired) electrons. The van der Waals surface area contributed by atoms with Gasteiger partial charge in [-0.05, 0) is 75.6 Å². The largest absolute Gasteiger partial charge is 0.463 e. The van der Waals surface area contributed by atoms with Crippen molar-refractivity contribution in [3.63, 3.8) is 0 Å². The van der Waals surface area contributed by atoms with Crippen molar-refractivity contribution in [1.82, 2.24) is 25.3 Å². The van der Waals surface area contributed by atoms with Crippen LogP contribution in [0.15, 0.2) is 47.3 Å². The third-order valence-electron chi connectivity index (χ3n) is 8.56. The lowest BCUT2D eigenvalue weighted by atomic mass is 9.96. The van der Waals surface area contributed by atoms with Gasteiger partial charge in [0.05, 0.1) is 12.3 Å². The van der Waals surface area contributed by atoms with E-state index in [1.807, 2.05) is 18.2 Å². The van der Waals surface area contributed by atoms with Gasteiger partial charge in [-0.2, -0.15) is 0 Å². The number of esters is 1. The second-order valence-electron chi connectivity index (χ2n) is 13.1. The fourth-order valence-electron chi connectivity index (χ4n) is 5.69. The van der Waals surface area contributed by atoms with Crippen LogP contribution in [-0.2, 0) is 19.1 Å². The predicted molar refractivity (Wildman–Crippen MR) is 208 cm³/mol. The molecule has 3 heterocycles. The normalized spacial score (nSPS) is 11.7. The minimum Gasteiger partial charge on any atom is -0.463 e. The summed E-state index contributed by atoms with van der Waals surface area (Å²) >= 11 is 0. The van der Waals surface area contributed by atoms with Crippen LogP contribution in [0, 0.1) is 0 Å². The number of allylic oxidation sites excluding steroid dienone is 1. The molecule has 14 nitrogen and oxygen atoms in total.